The topological polar surface area (TPSA) is 23.5 Å². The van der Waals surface area contributed by atoms with Crippen molar-refractivity contribution < 1.29 is 5.11 Å². The summed E-state index contributed by atoms with van der Waals surface area (Å²) in [5, 5.41) is 8.75. The molecule has 0 saturated carbocycles. The summed E-state index contributed by atoms with van der Waals surface area (Å²) in [7, 11) is 0. The Labute approximate surface area is 69.2 Å². The molecule has 0 bridgehead atoms. The molecule has 1 heterocycles. The van der Waals surface area contributed by atoms with Gasteiger partial charge in [-0.15, -0.1) is 0 Å². The molecule has 0 aromatic carbocycles. The first-order chi connectivity index (χ1) is 5.36. The summed E-state index contributed by atoms with van der Waals surface area (Å²) in [6.45, 7) is 6.10. The number of unbranched alkanes of at least 4 members (excludes halogenated alkanes) is 2. The SMILES string of the molecule is CCCCCN1CC(CO)C1. The lowest BCUT2D eigenvalue weighted by Crippen LogP contribution is -2.48. The molecule has 0 radical (unpaired) electrons. The monoisotopic (exact) mass is 157 g/mol. The van der Waals surface area contributed by atoms with E-state index in [9.17, 15) is 0 Å². The van der Waals surface area contributed by atoms with E-state index in [-0.39, 0.29) is 0 Å². The van der Waals surface area contributed by atoms with Gasteiger partial charge >= 0.3 is 0 Å². The molecule has 0 aromatic heterocycles. The molecular formula is C9H19NO. The highest BCUT2D eigenvalue weighted by Gasteiger charge is 2.24. The maximum absolute atomic E-state index is 8.75. The van der Waals surface area contributed by atoms with Gasteiger partial charge in [0.15, 0.2) is 0 Å². The van der Waals surface area contributed by atoms with Crippen molar-refractivity contribution in [2.45, 2.75) is 26.2 Å². The predicted molar refractivity (Wildman–Crippen MR) is 46.5 cm³/mol. The Morgan fingerprint density at radius 3 is 2.64 bits per heavy atom. The molecule has 0 aliphatic carbocycles. The smallest absolute Gasteiger partial charge is 0.0483 e. The molecule has 1 aliphatic rings. The summed E-state index contributed by atoms with van der Waals surface area (Å²) in [6.07, 6.45) is 3.98. The minimum atomic E-state index is 0.379. The van der Waals surface area contributed by atoms with Crippen LogP contribution in [0.2, 0.25) is 0 Å². The second-order valence-corrected chi connectivity index (χ2v) is 3.52. The molecule has 1 rings (SSSR count). The molecule has 0 aromatic rings. The van der Waals surface area contributed by atoms with Crippen molar-refractivity contribution in [2.24, 2.45) is 5.92 Å². The van der Waals surface area contributed by atoms with Gasteiger partial charge in [-0.3, -0.25) is 0 Å². The third-order valence-corrected chi connectivity index (χ3v) is 2.37. The lowest BCUT2D eigenvalue weighted by Gasteiger charge is -2.38. The van der Waals surface area contributed by atoms with E-state index < -0.39 is 0 Å². The first-order valence-corrected chi connectivity index (χ1v) is 4.70. The summed E-state index contributed by atoms with van der Waals surface area (Å²) in [6, 6.07) is 0. The minimum absolute atomic E-state index is 0.379. The van der Waals surface area contributed by atoms with Gasteiger partial charge < -0.3 is 10.0 Å². The van der Waals surface area contributed by atoms with Gasteiger partial charge in [-0.2, -0.15) is 0 Å². The third kappa shape index (κ3) is 2.80. The first-order valence-electron chi connectivity index (χ1n) is 4.70. The minimum Gasteiger partial charge on any atom is -0.396 e. The molecule has 0 atom stereocenters. The zero-order valence-corrected chi connectivity index (χ0v) is 7.42. The molecule has 1 fully saturated rings. The van der Waals surface area contributed by atoms with Gasteiger partial charge in [-0.25, -0.2) is 0 Å². The molecule has 1 saturated heterocycles. The number of aliphatic hydroxyl groups is 1. The fourth-order valence-electron chi connectivity index (χ4n) is 1.56. The van der Waals surface area contributed by atoms with Crippen molar-refractivity contribution in [1.29, 1.82) is 0 Å². The van der Waals surface area contributed by atoms with E-state index in [2.05, 4.69) is 11.8 Å². The number of aliphatic hydroxyl groups excluding tert-OH is 1. The number of rotatable bonds is 5. The van der Waals surface area contributed by atoms with Crippen molar-refractivity contribution in [2.75, 3.05) is 26.2 Å². The zero-order chi connectivity index (χ0) is 8.10. The van der Waals surface area contributed by atoms with Gasteiger partial charge in [0, 0.05) is 25.6 Å². The standard InChI is InChI=1S/C9H19NO/c1-2-3-4-5-10-6-9(7-10)8-11/h9,11H,2-8H2,1H3. The summed E-state index contributed by atoms with van der Waals surface area (Å²) in [4.78, 5) is 2.43. The Balaban J connectivity index is 1.88. The molecular weight excluding hydrogens is 138 g/mol. The van der Waals surface area contributed by atoms with Crippen LogP contribution >= 0.6 is 0 Å². The van der Waals surface area contributed by atoms with Crippen molar-refractivity contribution in [1.82, 2.24) is 4.90 Å². The summed E-state index contributed by atoms with van der Waals surface area (Å²) in [5.41, 5.74) is 0. The molecule has 2 nitrogen and oxygen atoms in total. The van der Waals surface area contributed by atoms with Crippen LogP contribution in [0.15, 0.2) is 0 Å². The van der Waals surface area contributed by atoms with Crippen molar-refractivity contribution >= 4 is 0 Å². The van der Waals surface area contributed by atoms with E-state index >= 15 is 0 Å². The van der Waals surface area contributed by atoms with Crippen LogP contribution in [-0.4, -0.2) is 36.2 Å². The summed E-state index contributed by atoms with van der Waals surface area (Å²) < 4.78 is 0. The number of hydrogen-bond acceptors (Lipinski definition) is 2. The molecule has 0 spiro atoms. The molecule has 11 heavy (non-hydrogen) atoms. The Kier molecular flexibility index (Phi) is 3.87. The van der Waals surface area contributed by atoms with E-state index in [0.29, 0.717) is 12.5 Å². The first kappa shape index (κ1) is 9.01. The third-order valence-electron chi connectivity index (χ3n) is 2.37. The summed E-state index contributed by atoms with van der Waals surface area (Å²) >= 11 is 0. The van der Waals surface area contributed by atoms with Crippen LogP contribution in [0.1, 0.15) is 26.2 Å². The van der Waals surface area contributed by atoms with Gasteiger partial charge in [0.05, 0.1) is 0 Å². The Bertz CT molecular complexity index is 99.7. The lowest BCUT2D eigenvalue weighted by atomic mass is 10.0. The van der Waals surface area contributed by atoms with Crippen molar-refractivity contribution in [3.8, 4) is 0 Å². The van der Waals surface area contributed by atoms with Gasteiger partial charge in [0.25, 0.3) is 0 Å². The highest BCUT2D eigenvalue weighted by atomic mass is 16.3. The second kappa shape index (κ2) is 4.73. The molecule has 0 amide bonds. The fraction of sp³-hybridized carbons (Fsp3) is 1.00. The Hall–Kier alpha value is -0.0800. The quantitative estimate of drug-likeness (QED) is 0.604. The fourth-order valence-corrected chi connectivity index (χ4v) is 1.56. The maximum atomic E-state index is 8.75. The Morgan fingerprint density at radius 2 is 2.09 bits per heavy atom. The lowest BCUT2D eigenvalue weighted by molar-refractivity contribution is 0.0528. The second-order valence-electron chi connectivity index (χ2n) is 3.52. The molecule has 1 aliphatic heterocycles. The van der Waals surface area contributed by atoms with E-state index in [4.69, 9.17) is 5.11 Å². The van der Waals surface area contributed by atoms with Crippen LogP contribution < -0.4 is 0 Å². The average Bonchev–Trinajstić information content (AvgIpc) is 1.94. The van der Waals surface area contributed by atoms with Gasteiger partial charge in [0.1, 0.15) is 0 Å². The van der Waals surface area contributed by atoms with Crippen molar-refractivity contribution in [3.05, 3.63) is 0 Å². The highest BCUT2D eigenvalue weighted by molar-refractivity contribution is 4.78. The van der Waals surface area contributed by atoms with Gasteiger partial charge in [0.2, 0.25) is 0 Å². The highest BCUT2D eigenvalue weighted by Crippen LogP contribution is 2.14. The largest absolute Gasteiger partial charge is 0.396 e. The van der Waals surface area contributed by atoms with Crippen LogP contribution in [0.3, 0.4) is 0 Å². The maximum Gasteiger partial charge on any atom is 0.0483 e. The average molecular weight is 157 g/mol. The number of nitrogens with zero attached hydrogens (tertiary/aromatic N) is 1. The molecule has 0 unspecified atom stereocenters. The van der Waals surface area contributed by atoms with Gasteiger partial charge in [-0.1, -0.05) is 19.8 Å². The zero-order valence-electron chi connectivity index (χ0n) is 7.42. The van der Waals surface area contributed by atoms with E-state index in [1.54, 1.807) is 0 Å². The number of likely N-dealkylation sites (tertiary alicyclic amines) is 1. The van der Waals surface area contributed by atoms with Crippen molar-refractivity contribution in [3.63, 3.8) is 0 Å². The van der Waals surface area contributed by atoms with E-state index in [1.165, 1.54) is 25.8 Å². The Morgan fingerprint density at radius 1 is 1.36 bits per heavy atom. The van der Waals surface area contributed by atoms with Crippen LogP contribution in [0.25, 0.3) is 0 Å². The normalized spacial score (nSPS) is 20.2. The molecule has 1 N–H and O–H groups in total. The van der Waals surface area contributed by atoms with E-state index in [1.807, 2.05) is 0 Å². The van der Waals surface area contributed by atoms with Crippen LogP contribution in [-0.2, 0) is 0 Å². The predicted octanol–water partition coefficient (Wildman–Crippen LogP) is 1.10. The van der Waals surface area contributed by atoms with Gasteiger partial charge in [-0.05, 0) is 13.0 Å². The van der Waals surface area contributed by atoms with Crippen LogP contribution in [0.4, 0.5) is 0 Å². The molecule has 66 valence electrons. The molecule has 2 heteroatoms. The van der Waals surface area contributed by atoms with Crippen LogP contribution in [0, 0.1) is 5.92 Å². The van der Waals surface area contributed by atoms with E-state index in [0.717, 1.165) is 13.1 Å². The number of hydrogen-bond donors (Lipinski definition) is 1. The van der Waals surface area contributed by atoms with Crippen LogP contribution in [0.5, 0.6) is 0 Å². The summed E-state index contributed by atoms with van der Waals surface area (Å²) in [5.74, 6) is 0.580.